The Labute approximate surface area is 180 Å². The zero-order valence-corrected chi connectivity index (χ0v) is 18.3. The molecule has 0 atom stereocenters. The first-order valence-corrected chi connectivity index (χ1v) is 10.4. The van der Waals surface area contributed by atoms with Crippen molar-refractivity contribution >= 4 is 22.1 Å². The summed E-state index contributed by atoms with van der Waals surface area (Å²) in [5, 5.41) is 0.950. The van der Waals surface area contributed by atoms with Gasteiger partial charge in [-0.25, -0.2) is 14.4 Å². The Hall–Kier alpha value is -3.54. The van der Waals surface area contributed by atoms with Crippen molar-refractivity contribution in [3.05, 3.63) is 65.8 Å². The standard InChI is InChI=1S/C25H24FN5/c1-13(2)31-16(5)30-24-21(26)9-17(10-22(24)31)20-12-29-25-19(20)8-18(11-28-25)23-14(3)6-7-27-15(23)4/h6-13H,1-5H3,(H,28,29). The number of aromatic amines is 1. The second-order valence-corrected chi connectivity index (χ2v) is 8.36. The van der Waals surface area contributed by atoms with E-state index in [0.717, 1.165) is 55.9 Å². The summed E-state index contributed by atoms with van der Waals surface area (Å²) >= 11 is 0. The Morgan fingerprint density at radius 1 is 1.03 bits per heavy atom. The first-order chi connectivity index (χ1) is 14.8. The van der Waals surface area contributed by atoms with Crippen LogP contribution in [-0.2, 0) is 0 Å². The molecule has 0 aliphatic carbocycles. The van der Waals surface area contributed by atoms with E-state index < -0.39 is 0 Å². The summed E-state index contributed by atoms with van der Waals surface area (Å²) in [6.45, 7) is 10.2. The van der Waals surface area contributed by atoms with Crippen LogP contribution in [0.5, 0.6) is 0 Å². The lowest BCUT2D eigenvalue weighted by Gasteiger charge is -2.12. The maximum Gasteiger partial charge on any atom is 0.151 e. The molecular weight excluding hydrogens is 389 g/mol. The van der Waals surface area contributed by atoms with Gasteiger partial charge in [-0.1, -0.05) is 0 Å². The van der Waals surface area contributed by atoms with Crippen LogP contribution in [0.25, 0.3) is 44.3 Å². The molecule has 0 bridgehead atoms. The monoisotopic (exact) mass is 413 g/mol. The lowest BCUT2D eigenvalue weighted by molar-refractivity contribution is 0.600. The fraction of sp³-hybridized carbons (Fsp3) is 0.240. The van der Waals surface area contributed by atoms with Crippen molar-refractivity contribution in [1.82, 2.24) is 24.5 Å². The molecule has 1 aromatic carbocycles. The molecule has 31 heavy (non-hydrogen) atoms. The number of benzene rings is 1. The molecule has 0 spiro atoms. The molecule has 0 radical (unpaired) electrons. The van der Waals surface area contributed by atoms with E-state index >= 15 is 4.39 Å². The van der Waals surface area contributed by atoms with Gasteiger partial charge in [-0.2, -0.15) is 0 Å². The summed E-state index contributed by atoms with van der Waals surface area (Å²) in [4.78, 5) is 16.8. The zero-order valence-electron chi connectivity index (χ0n) is 18.3. The van der Waals surface area contributed by atoms with Crippen LogP contribution in [0.1, 0.15) is 37.0 Å². The first kappa shape index (κ1) is 19.4. The van der Waals surface area contributed by atoms with Gasteiger partial charge in [0.15, 0.2) is 5.82 Å². The largest absolute Gasteiger partial charge is 0.346 e. The number of nitrogens with zero attached hydrogens (tertiary/aromatic N) is 4. The Morgan fingerprint density at radius 3 is 2.58 bits per heavy atom. The Morgan fingerprint density at radius 2 is 1.84 bits per heavy atom. The predicted octanol–water partition coefficient (Wildman–Crippen LogP) is 6.29. The maximum atomic E-state index is 15.0. The minimum Gasteiger partial charge on any atom is -0.346 e. The van der Waals surface area contributed by atoms with Gasteiger partial charge in [-0.3, -0.25) is 4.98 Å². The van der Waals surface area contributed by atoms with E-state index in [0.29, 0.717) is 5.52 Å². The molecule has 5 rings (SSSR count). The summed E-state index contributed by atoms with van der Waals surface area (Å²) in [7, 11) is 0. The molecule has 0 unspecified atom stereocenters. The van der Waals surface area contributed by atoms with Gasteiger partial charge in [0.25, 0.3) is 0 Å². The van der Waals surface area contributed by atoms with Crippen LogP contribution in [0.3, 0.4) is 0 Å². The summed E-state index contributed by atoms with van der Waals surface area (Å²) < 4.78 is 17.1. The van der Waals surface area contributed by atoms with E-state index in [-0.39, 0.29) is 11.9 Å². The topological polar surface area (TPSA) is 59.4 Å². The molecule has 0 fully saturated rings. The highest BCUT2D eigenvalue weighted by molar-refractivity contribution is 5.98. The first-order valence-electron chi connectivity index (χ1n) is 10.4. The Kier molecular flexibility index (Phi) is 4.39. The highest BCUT2D eigenvalue weighted by Gasteiger charge is 2.18. The number of rotatable bonds is 3. The van der Waals surface area contributed by atoms with Crippen LogP contribution in [-0.4, -0.2) is 24.5 Å². The van der Waals surface area contributed by atoms with Crippen LogP contribution >= 0.6 is 0 Å². The van der Waals surface area contributed by atoms with Gasteiger partial charge in [0, 0.05) is 52.4 Å². The highest BCUT2D eigenvalue weighted by Crippen LogP contribution is 2.35. The van der Waals surface area contributed by atoms with E-state index in [1.165, 1.54) is 0 Å². The highest BCUT2D eigenvalue weighted by atomic mass is 19.1. The van der Waals surface area contributed by atoms with Crippen molar-refractivity contribution < 1.29 is 4.39 Å². The van der Waals surface area contributed by atoms with Gasteiger partial charge >= 0.3 is 0 Å². The molecule has 1 N–H and O–H groups in total. The average molecular weight is 414 g/mol. The molecule has 5 aromatic rings. The van der Waals surface area contributed by atoms with Crippen molar-refractivity contribution in [2.75, 3.05) is 0 Å². The van der Waals surface area contributed by atoms with Crippen molar-refractivity contribution in [3.8, 4) is 22.3 Å². The second-order valence-electron chi connectivity index (χ2n) is 8.36. The molecule has 4 heterocycles. The number of H-pyrrole nitrogens is 1. The van der Waals surface area contributed by atoms with Crippen molar-refractivity contribution in [1.29, 1.82) is 0 Å². The molecule has 0 saturated carbocycles. The third kappa shape index (κ3) is 3.02. The molecule has 156 valence electrons. The second kappa shape index (κ2) is 7.01. The van der Waals surface area contributed by atoms with E-state index in [1.54, 1.807) is 6.07 Å². The predicted molar refractivity (Wildman–Crippen MR) is 123 cm³/mol. The van der Waals surface area contributed by atoms with Gasteiger partial charge in [-0.05, 0) is 70.0 Å². The SMILES string of the molecule is Cc1ccnc(C)c1-c1cnc2[nH]cc(-c3cc(F)c4nc(C)n(C(C)C)c4c3)c2c1. The Bertz CT molecular complexity index is 1440. The smallest absolute Gasteiger partial charge is 0.151 e. The number of aryl methyl sites for hydroxylation is 3. The summed E-state index contributed by atoms with van der Waals surface area (Å²) in [5.74, 6) is 0.499. The van der Waals surface area contributed by atoms with E-state index in [2.05, 4.69) is 51.3 Å². The third-order valence-corrected chi connectivity index (χ3v) is 5.92. The lowest BCUT2D eigenvalue weighted by atomic mass is 9.98. The lowest BCUT2D eigenvalue weighted by Crippen LogP contribution is -2.02. The molecule has 5 nitrogen and oxygen atoms in total. The van der Waals surface area contributed by atoms with Gasteiger partial charge < -0.3 is 9.55 Å². The van der Waals surface area contributed by atoms with Crippen molar-refractivity contribution in [2.24, 2.45) is 0 Å². The van der Waals surface area contributed by atoms with Gasteiger partial charge in [-0.15, -0.1) is 0 Å². The molecule has 4 aromatic heterocycles. The van der Waals surface area contributed by atoms with Crippen LogP contribution in [0.15, 0.2) is 42.9 Å². The molecule has 0 aliphatic heterocycles. The fourth-order valence-corrected chi connectivity index (χ4v) is 4.59. The number of hydrogen-bond acceptors (Lipinski definition) is 3. The molecule has 6 heteroatoms. The molecular formula is C25H24FN5. The van der Waals surface area contributed by atoms with E-state index in [1.807, 2.05) is 44.6 Å². The third-order valence-electron chi connectivity index (χ3n) is 5.92. The van der Waals surface area contributed by atoms with Gasteiger partial charge in [0.2, 0.25) is 0 Å². The number of pyridine rings is 2. The van der Waals surface area contributed by atoms with E-state index in [4.69, 9.17) is 0 Å². The minimum atomic E-state index is -0.313. The van der Waals surface area contributed by atoms with E-state index in [9.17, 15) is 0 Å². The molecule has 0 aliphatic rings. The number of imidazole rings is 1. The van der Waals surface area contributed by atoms with Crippen molar-refractivity contribution in [3.63, 3.8) is 0 Å². The van der Waals surface area contributed by atoms with Crippen LogP contribution < -0.4 is 0 Å². The van der Waals surface area contributed by atoms with Crippen molar-refractivity contribution in [2.45, 2.75) is 40.7 Å². The fourth-order valence-electron chi connectivity index (χ4n) is 4.59. The zero-order chi connectivity index (χ0) is 21.9. The number of halogens is 1. The Balaban J connectivity index is 1.74. The van der Waals surface area contributed by atoms with Crippen LogP contribution in [0.4, 0.5) is 4.39 Å². The maximum absolute atomic E-state index is 15.0. The normalized spacial score (nSPS) is 11.8. The summed E-state index contributed by atoms with van der Waals surface area (Å²) in [6.07, 6.45) is 5.58. The summed E-state index contributed by atoms with van der Waals surface area (Å²) in [6, 6.07) is 7.89. The number of aromatic nitrogens is 5. The minimum absolute atomic E-state index is 0.187. The van der Waals surface area contributed by atoms with Crippen LogP contribution in [0.2, 0.25) is 0 Å². The quantitative estimate of drug-likeness (QED) is 0.378. The van der Waals surface area contributed by atoms with Crippen LogP contribution in [0, 0.1) is 26.6 Å². The average Bonchev–Trinajstić information content (AvgIpc) is 3.28. The van der Waals surface area contributed by atoms with Gasteiger partial charge in [0.1, 0.15) is 17.0 Å². The number of fused-ring (bicyclic) bond motifs is 2. The number of hydrogen-bond donors (Lipinski definition) is 1. The van der Waals surface area contributed by atoms with Gasteiger partial charge in [0.05, 0.1) is 5.52 Å². The number of nitrogens with one attached hydrogen (secondary N) is 1. The molecule has 0 saturated heterocycles. The summed E-state index contributed by atoms with van der Waals surface area (Å²) in [5.41, 5.74) is 7.90. The molecule has 0 amide bonds.